The second-order valence-corrected chi connectivity index (χ2v) is 4.86. The van der Waals surface area contributed by atoms with Crippen LogP contribution >= 0.6 is 11.8 Å². The Labute approximate surface area is 108 Å². The van der Waals surface area contributed by atoms with E-state index in [-0.39, 0.29) is 0 Å². The predicted octanol–water partition coefficient (Wildman–Crippen LogP) is 3.28. The molecule has 2 nitrogen and oxygen atoms in total. The highest BCUT2D eigenvalue weighted by atomic mass is 32.2. The van der Waals surface area contributed by atoms with Crippen molar-refractivity contribution in [2.75, 3.05) is 0 Å². The number of halogens is 2. The molecule has 0 amide bonds. The van der Waals surface area contributed by atoms with Gasteiger partial charge in [0, 0.05) is 17.1 Å². The van der Waals surface area contributed by atoms with E-state index in [9.17, 15) is 8.78 Å². The molecule has 1 aromatic heterocycles. The van der Waals surface area contributed by atoms with Gasteiger partial charge in [-0.25, -0.2) is 13.8 Å². The van der Waals surface area contributed by atoms with Crippen LogP contribution < -0.4 is 5.73 Å². The minimum atomic E-state index is -0.859. The average Bonchev–Trinajstić information content (AvgIpc) is 2.34. The molecule has 0 aliphatic carbocycles. The fourth-order valence-electron chi connectivity index (χ4n) is 1.46. The molecule has 0 spiro atoms. The molecule has 2 N–H and O–H groups in total. The number of hydrogen-bond acceptors (Lipinski definition) is 3. The molecule has 0 radical (unpaired) electrons. The van der Waals surface area contributed by atoms with Crippen LogP contribution in [0.2, 0.25) is 0 Å². The molecule has 0 bridgehead atoms. The molecule has 94 valence electrons. The molecule has 5 heteroatoms. The SMILES string of the molecule is Cc1ccc(CN)c(Sc2ccc(F)c(F)c2)n1. The van der Waals surface area contributed by atoms with Crippen LogP contribution in [0, 0.1) is 18.6 Å². The Morgan fingerprint density at radius 3 is 2.61 bits per heavy atom. The first-order valence-corrected chi connectivity index (χ1v) is 6.21. The van der Waals surface area contributed by atoms with Crippen LogP contribution in [0.3, 0.4) is 0 Å². The number of nitrogens with zero attached hydrogens (tertiary/aromatic N) is 1. The summed E-state index contributed by atoms with van der Waals surface area (Å²) in [5.74, 6) is -1.71. The molecule has 2 rings (SSSR count). The molecule has 2 aromatic rings. The van der Waals surface area contributed by atoms with Crippen molar-refractivity contribution in [2.24, 2.45) is 5.73 Å². The fraction of sp³-hybridized carbons (Fsp3) is 0.154. The van der Waals surface area contributed by atoms with E-state index in [1.165, 1.54) is 17.8 Å². The molecule has 0 unspecified atom stereocenters. The summed E-state index contributed by atoms with van der Waals surface area (Å²) in [6.07, 6.45) is 0. The number of benzene rings is 1. The summed E-state index contributed by atoms with van der Waals surface area (Å²) in [5.41, 5.74) is 7.36. The maximum Gasteiger partial charge on any atom is 0.159 e. The maximum atomic E-state index is 13.1. The third-order valence-electron chi connectivity index (χ3n) is 2.40. The fourth-order valence-corrected chi connectivity index (χ4v) is 2.45. The smallest absolute Gasteiger partial charge is 0.159 e. The minimum absolute atomic E-state index is 0.360. The number of pyridine rings is 1. The van der Waals surface area contributed by atoms with Gasteiger partial charge in [-0.1, -0.05) is 17.8 Å². The van der Waals surface area contributed by atoms with Gasteiger partial charge in [-0.3, -0.25) is 0 Å². The highest BCUT2D eigenvalue weighted by Gasteiger charge is 2.08. The van der Waals surface area contributed by atoms with Crippen LogP contribution in [0.4, 0.5) is 8.78 Å². The van der Waals surface area contributed by atoms with Gasteiger partial charge >= 0.3 is 0 Å². The zero-order valence-electron chi connectivity index (χ0n) is 9.78. The van der Waals surface area contributed by atoms with Gasteiger partial charge in [0.05, 0.1) is 0 Å². The molecular formula is C13H12F2N2S. The number of hydrogen-bond donors (Lipinski definition) is 1. The maximum absolute atomic E-state index is 13.1. The molecule has 1 aromatic carbocycles. The van der Waals surface area contributed by atoms with Crippen molar-refractivity contribution in [2.45, 2.75) is 23.4 Å². The largest absolute Gasteiger partial charge is 0.326 e. The van der Waals surface area contributed by atoms with Gasteiger partial charge in [-0.05, 0) is 36.8 Å². The molecular weight excluding hydrogens is 254 g/mol. The van der Waals surface area contributed by atoms with E-state index in [0.29, 0.717) is 11.4 Å². The van der Waals surface area contributed by atoms with Gasteiger partial charge in [0.15, 0.2) is 11.6 Å². The molecule has 0 atom stereocenters. The molecule has 1 heterocycles. The summed E-state index contributed by atoms with van der Waals surface area (Å²) in [6.45, 7) is 2.23. The molecule has 0 aliphatic heterocycles. The molecule has 18 heavy (non-hydrogen) atoms. The Kier molecular flexibility index (Phi) is 3.93. The van der Waals surface area contributed by atoms with E-state index < -0.39 is 11.6 Å². The van der Waals surface area contributed by atoms with Crippen molar-refractivity contribution in [3.05, 3.63) is 53.2 Å². The van der Waals surface area contributed by atoms with Crippen LogP contribution in [0.25, 0.3) is 0 Å². The van der Waals surface area contributed by atoms with E-state index in [0.717, 1.165) is 28.4 Å². The van der Waals surface area contributed by atoms with E-state index in [1.54, 1.807) is 0 Å². The number of nitrogens with two attached hydrogens (primary N) is 1. The molecule has 0 saturated heterocycles. The first-order chi connectivity index (χ1) is 8.60. The first kappa shape index (κ1) is 13.0. The van der Waals surface area contributed by atoms with Crippen LogP contribution in [0.15, 0.2) is 40.3 Å². The third kappa shape index (κ3) is 2.86. The quantitative estimate of drug-likeness (QED) is 0.926. The minimum Gasteiger partial charge on any atom is -0.326 e. The predicted molar refractivity (Wildman–Crippen MR) is 67.3 cm³/mol. The standard InChI is InChI=1S/C13H12F2N2S/c1-8-2-3-9(7-16)13(17-8)18-10-4-5-11(14)12(15)6-10/h2-6H,7,16H2,1H3. The van der Waals surface area contributed by atoms with E-state index in [1.807, 2.05) is 19.1 Å². The van der Waals surface area contributed by atoms with Crippen LogP contribution in [-0.4, -0.2) is 4.98 Å². The summed E-state index contributed by atoms with van der Waals surface area (Å²) in [5, 5.41) is 0.725. The monoisotopic (exact) mass is 266 g/mol. The summed E-state index contributed by atoms with van der Waals surface area (Å²) >= 11 is 1.28. The summed E-state index contributed by atoms with van der Waals surface area (Å²) in [7, 11) is 0. The van der Waals surface area contributed by atoms with Gasteiger partial charge in [-0.15, -0.1) is 0 Å². The lowest BCUT2D eigenvalue weighted by Crippen LogP contribution is -2.00. The van der Waals surface area contributed by atoms with Crippen LogP contribution in [0.5, 0.6) is 0 Å². The van der Waals surface area contributed by atoms with Crippen molar-refractivity contribution in [1.82, 2.24) is 4.98 Å². The second kappa shape index (κ2) is 5.46. The normalized spacial score (nSPS) is 10.7. The third-order valence-corrected chi connectivity index (χ3v) is 3.44. The van der Waals surface area contributed by atoms with Crippen molar-refractivity contribution >= 4 is 11.8 Å². The van der Waals surface area contributed by atoms with E-state index in [4.69, 9.17) is 5.73 Å². The highest BCUT2D eigenvalue weighted by molar-refractivity contribution is 7.99. The zero-order chi connectivity index (χ0) is 13.1. The Morgan fingerprint density at radius 1 is 1.17 bits per heavy atom. The van der Waals surface area contributed by atoms with Crippen molar-refractivity contribution in [1.29, 1.82) is 0 Å². The van der Waals surface area contributed by atoms with Gasteiger partial charge < -0.3 is 5.73 Å². The topological polar surface area (TPSA) is 38.9 Å². The number of aromatic nitrogens is 1. The zero-order valence-corrected chi connectivity index (χ0v) is 10.6. The highest BCUT2D eigenvalue weighted by Crippen LogP contribution is 2.29. The first-order valence-electron chi connectivity index (χ1n) is 5.39. The van der Waals surface area contributed by atoms with Gasteiger partial charge in [0.25, 0.3) is 0 Å². The van der Waals surface area contributed by atoms with Crippen LogP contribution in [-0.2, 0) is 6.54 Å². The van der Waals surface area contributed by atoms with E-state index in [2.05, 4.69) is 4.98 Å². The molecule has 0 saturated carbocycles. The number of rotatable bonds is 3. The Balaban J connectivity index is 2.33. The average molecular weight is 266 g/mol. The van der Waals surface area contributed by atoms with Gasteiger partial charge in [0.2, 0.25) is 0 Å². The summed E-state index contributed by atoms with van der Waals surface area (Å²) < 4.78 is 25.9. The van der Waals surface area contributed by atoms with E-state index >= 15 is 0 Å². The van der Waals surface area contributed by atoms with Crippen molar-refractivity contribution in [3.63, 3.8) is 0 Å². The van der Waals surface area contributed by atoms with Crippen molar-refractivity contribution in [3.8, 4) is 0 Å². The summed E-state index contributed by atoms with van der Waals surface area (Å²) in [4.78, 5) is 4.96. The summed E-state index contributed by atoms with van der Waals surface area (Å²) in [6, 6.07) is 7.55. The number of aryl methyl sites for hydroxylation is 1. The second-order valence-electron chi connectivity index (χ2n) is 3.80. The lowest BCUT2D eigenvalue weighted by atomic mass is 10.2. The van der Waals surface area contributed by atoms with Gasteiger partial charge in [0.1, 0.15) is 5.03 Å². The Hall–Kier alpha value is -1.46. The van der Waals surface area contributed by atoms with Crippen LogP contribution in [0.1, 0.15) is 11.3 Å². The lowest BCUT2D eigenvalue weighted by Gasteiger charge is -2.07. The van der Waals surface area contributed by atoms with Gasteiger partial charge in [-0.2, -0.15) is 0 Å². The van der Waals surface area contributed by atoms with Crippen molar-refractivity contribution < 1.29 is 8.78 Å². The Bertz CT molecular complexity index is 573. The molecule has 0 aliphatic rings. The molecule has 0 fully saturated rings. The Morgan fingerprint density at radius 2 is 1.94 bits per heavy atom. The lowest BCUT2D eigenvalue weighted by molar-refractivity contribution is 0.506.